The average Bonchev–Trinajstić information content (AvgIpc) is 3.33. The predicted molar refractivity (Wildman–Crippen MR) is 148 cm³/mol. The number of rotatable bonds is 7. The molecular formula is C29H32N6O3. The van der Waals surface area contributed by atoms with Gasteiger partial charge in [-0.1, -0.05) is 42.5 Å². The number of amides is 1. The first-order valence-corrected chi connectivity index (χ1v) is 12.8. The maximum absolute atomic E-state index is 13.4. The summed E-state index contributed by atoms with van der Waals surface area (Å²) in [7, 11) is 0. The predicted octanol–water partition coefficient (Wildman–Crippen LogP) is 3.82. The molecule has 196 valence electrons. The van der Waals surface area contributed by atoms with Crippen LogP contribution in [-0.4, -0.2) is 56.4 Å². The summed E-state index contributed by atoms with van der Waals surface area (Å²) in [5.41, 5.74) is 2.98. The number of nitrogens with zero attached hydrogens (tertiary/aromatic N) is 5. The summed E-state index contributed by atoms with van der Waals surface area (Å²) in [6, 6.07) is 23.9. The summed E-state index contributed by atoms with van der Waals surface area (Å²) in [6.07, 6.45) is 1.56. The van der Waals surface area contributed by atoms with Crippen LogP contribution in [0.4, 0.5) is 11.4 Å². The molecule has 1 aliphatic rings. The van der Waals surface area contributed by atoms with Gasteiger partial charge in [0.2, 0.25) is 5.91 Å². The Bertz CT molecular complexity index is 1440. The molecule has 2 heterocycles. The summed E-state index contributed by atoms with van der Waals surface area (Å²) in [4.78, 5) is 30.5. The van der Waals surface area contributed by atoms with Gasteiger partial charge in [0.25, 0.3) is 0 Å². The van der Waals surface area contributed by atoms with E-state index in [1.807, 2.05) is 68.4 Å². The Morgan fingerprint density at radius 2 is 1.50 bits per heavy atom. The molecular weight excluding hydrogens is 480 g/mol. The van der Waals surface area contributed by atoms with Crippen molar-refractivity contribution in [2.75, 3.05) is 36.4 Å². The van der Waals surface area contributed by atoms with Crippen molar-refractivity contribution >= 4 is 17.3 Å². The van der Waals surface area contributed by atoms with Gasteiger partial charge in [0.15, 0.2) is 0 Å². The van der Waals surface area contributed by atoms with E-state index >= 15 is 0 Å². The van der Waals surface area contributed by atoms with E-state index in [4.69, 9.17) is 0 Å². The van der Waals surface area contributed by atoms with Gasteiger partial charge in [-0.05, 0) is 55.8 Å². The molecule has 9 heteroatoms. The molecule has 1 atom stereocenters. The molecule has 0 spiro atoms. The number of phenolic OH excluding ortho intramolecular Hbond substituents is 1. The molecule has 38 heavy (non-hydrogen) atoms. The highest BCUT2D eigenvalue weighted by atomic mass is 16.3. The van der Waals surface area contributed by atoms with Crippen LogP contribution in [0, 0.1) is 0 Å². The van der Waals surface area contributed by atoms with Crippen LogP contribution in [0.25, 0.3) is 5.69 Å². The molecule has 0 saturated carbocycles. The summed E-state index contributed by atoms with van der Waals surface area (Å²) in [5.74, 6) is -0.136. The lowest BCUT2D eigenvalue weighted by atomic mass is 10.0. The highest BCUT2D eigenvalue weighted by Gasteiger charge is 2.31. The second kappa shape index (κ2) is 10.9. The van der Waals surface area contributed by atoms with Crippen LogP contribution >= 0.6 is 0 Å². The third-order valence-corrected chi connectivity index (χ3v) is 6.88. The van der Waals surface area contributed by atoms with Gasteiger partial charge in [0, 0.05) is 31.9 Å². The molecule has 1 fully saturated rings. The van der Waals surface area contributed by atoms with Gasteiger partial charge in [-0.25, -0.2) is 14.0 Å². The van der Waals surface area contributed by atoms with Crippen molar-refractivity contribution in [3.8, 4) is 11.4 Å². The fraction of sp³-hybridized carbons (Fsp3) is 0.276. The number of carbonyl (C=O) groups is 1. The monoisotopic (exact) mass is 512 g/mol. The molecule has 1 saturated heterocycles. The molecule has 4 aromatic rings. The second-order valence-electron chi connectivity index (χ2n) is 9.68. The zero-order valence-corrected chi connectivity index (χ0v) is 21.6. The summed E-state index contributed by atoms with van der Waals surface area (Å²) < 4.78 is 3.01. The van der Waals surface area contributed by atoms with E-state index in [1.165, 1.54) is 4.68 Å². The van der Waals surface area contributed by atoms with Crippen molar-refractivity contribution < 1.29 is 9.90 Å². The molecule has 3 aromatic carbocycles. The van der Waals surface area contributed by atoms with E-state index in [-0.39, 0.29) is 23.4 Å². The number of aromatic hydroxyl groups is 1. The number of phenols is 1. The van der Waals surface area contributed by atoms with Gasteiger partial charge in [0.05, 0.1) is 17.4 Å². The minimum Gasteiger partial charge on any atom is -0.506 e. The summed E-state index contributed by atoms with van der Waals surface area (Å²) in [6.45, 7) is 6.74. The molecule has 1 unspecified atom stereocenters. The van der Waals surface area contributed by atoms with Crippen LogP contribution < -0.4 is 15.9 Å². The number of hydrogen-bond acceptors (Lipinski definition) is 6. The Hall–Kier alpha value is -4.37. The van der Waals surface area contributed by atoms with Gasteiger partial charge in [-0.2, -0.15) is 5.10 Å². The second-order valence-corrected chi connectivity index (χ2v) is 9.68. The largest absolute Gasteiger partial charge is 0.506 e. The maximum Gasteiger partial charge on any atom is 0.350 e. The molecule has 0 bridgehead atoms. The Kier molecular flexibility index (Phi) is 7.28. The first-order chi connectivity index (χ1) is 18.4. The van der Waals surface area contributed by atoms with Crippen molar-refractivity contribution in [3.05, 3.63) is 101 Å². The van der Waals surface area contributed by atoms with Crippen LogP contribution in [0.2, 0.25) is 0 Å². The van der Waals surface area contributed by atoms with Crippen LogP contribution in [0.3, 0.4) is 0 Å². The van der Waals surface area contributed by atoms with E-state index in [1.54, 1.807) is 35.2 Å². The molecule has 0 aliphatic carbocycles. The van der Waals surface area contributed by atoms with E-state index in [2.05, 4.69) is 20.2 Å². The van der Waals surface area contributed by atoms with Gasteiger partial charge in [0.1, 0.15) is 18.1 Å². The van der Waals surface area contributed by atoms with E-state index < -0.39 is 6.04 Å². The fourth-order valence-electron chi connectivity index (χ4n) is 4.85. The normalized spacial score (nSPS) is 15.0. The first-order valence-electron chi connectivity index (χ1n) is 12.8. The minimum atomic E-state index is -0.482. The molecule has 0 radical (unpaired) electrons. The molecule has 1 amide bonds. The minimum absolute atomic E-state index is 0.000467. The van der Waals surface area contributed by atoms with Crippen molar-refractivity contribution in [1.82, 2.24) is 19.2 Å². The number of carbonyl (C=O) groups excluding carboxylic acids is 1. The number of para-hydroxylation sites is 2. The van der Waals surface area contributed by atoms with E-state index in [0.29, 0.717) is 18.8 Å². The van der Waals surface area contributed by atoms with E-state index in [9.17, 15) is 14.7 Å². The van der Waals surface area contributed by atoms with Gasteiger partial charge >= 0.3 is 5.69 Å². The highest BCUT2D eigenvalue weighted by molar-refractivity contribution is 5.96. The van der Waals surface area contributed by atoms with Gasteiger partial charge < -0.3 is 15.3 Å². The number of hydrogen-bond donors (Lipinski definition) is 2. The standard InChI is InChI=1S/C29H32N6O3/c1-21(2)35-29(38)34(20-30-35)24-14-12-23(13-15-24)32-16-18-33(19-17-32)27(22-8-4-3-5-9-22)28(37)31-25-10-6-7-11-26(25)36/h3-15,20-21,27,36H,16-19H2,1-2H3,(H,31,37). The molecule has 1 aliphatic heterocycles. The highest BCUT2D eigenvalue weighted by Crippen LogP contribution is 2.28. The van der Waals surface area contributed by atoms with Crippen molar-refractivity contribution in [2.45, 2.75) is 25.9 Å². The van der Waals surface area contributed by atoms with Crippen LogP contribution in [0.5, 0.6) is 5.75 Å². The number of piperazine rings is 1. The molecule has 1 aromatic heterocycles. The molecule has 9 nitrogen and oxygen atoms in total. The SMILES string of the molecule is CC(C)n1ncn(-c2ccc(N3CCN(C(C(=O)Nc4ccccc4O)c4ccccc4)CC3)cc2)c1=O. The fourth-order valence-corrected chi connectivity index (χ4v) is 4.85. The Labute approximate surface area is 221 Å². The zero-order valence-electron chi connectivity index (χ0n) is 21.6. The third kappa shape index (κ3) is 5.19. The lowest BCUT2D eigenvalue weighted by Gasteiger charge is -2.39. The number of benzene rings is 3. The Morgan fingerprint density at radius 1 is 0.868 bits per heavy atom. The van der Waals surface area contributed by atoms with Gasteiger partial charge in [-0.15, -0.1) is 0 Å². The summed E-state index contributed by atoms with van der Waals surface area (Å²) in [5, 5.41) is 17.3. The lowest BCUT2D eigenvalue weighted by Crippen LogP contribution is -2.50. The molecule has 2 N–H and O–H groups in total. The number of anilines is 2. The Balaban J connectivity index is 1.29. The van der Waals surface area contributed by atoms with Crippen molar-refractivity contribution in [2.24, 2.45) is 0 Å². The van der Waals surface area contributed by atoms with E-state index in [0.717, 1.165) is 30.0 Å². The zero-order chi connectivity index (χ0) is 26.6. The Morgan fingerprint density at radius 3 is 2.13 bits per heavy atom. The number of aromatic nitrogens is 3. The van der Waals surface area contributed by atoms with Gasteiger partial charge in [-0.3, -0.25) is 9.69 Å². The molecule has 5 rings (SSSR count). The van der Waals surface area contributed by atoms with Crippen LogP contribution in [0.15, 0.2) is 90.0 Å². The van der Waals surface area contributed by atoms with Crippen LogP contribution in [0.1, 0.15) is 31.5 Å². The quantitative estimate of drug-likeness (QED) is 0.366. The van der Waals surface area contributed by atoms with Crippen molar-refractivity contribution in [3.63, 3.8) is 0 Å². The smallest absolute Gasteiger partial charge is 0.350 e. The lowest BCUT2D eigenvalue weighted by molar-refractivity contribution is -0.121. The topological polar surface area (TPSA) is 95.6 Å². The van der Waals surface area contributed by atoms with Crippen molar-refractivity contribution in [1.29, 1.82) is 0 Å². The van der Waals surface area contributed by atoms with Crippen LogP contribution in [-0.2, 0) is 4.79 Å². The first kappa shape index (κ1) is 25.3. The maximum atomic E-state index is 13.4. The summed E-state index contributed by atoms with van der Waals surface area (Å²) >= 11 is 0. The third-order valence-electron chi connectivity index (χ3n) is 6.88. The number of nitrogens with one attached hydrogen (secondary N) is 1. The average molecular weight is 513 g/mol.